The Morgan fingerprint density at radius 1 is 1.38 bits per heavy atom. The van der Waals surface area contributed by atoms with Gasteiger partial charge in [0.15, 0.2) is 5.69 Å². The van der Waals surface area contributed by atoms with Crippen LogP contribution in [0.2, 0.25) is 5.02 Å². The molecule has 0 N–H and O–H groups in total. The molecule has 24 heavy (non-hydrogen) atoms. The second-order valence-electron chi connectivity index (χ2n) is 6.90. The van der Waals surface area contributed by atoms with E-state index in [1.165, 1.54) is 5.56 Å². The summed E-state index contributed by atoms with van der Waals surface area (Å²) in [7, 11) is 1.77. The first-order valence-electron chi connectivity index (χ1n) is 8.30. The van der Waals surface area contributed by atoms with Crippen LogP contribution in [0.5, 0.6) is 0 Å². The maximum absolute atomic E-state index is 12.9. The van der Waals surface area contributed by atoms with Crippen molar-refractivity contribution >= 4 is 17.5 Å². The van der Waals surface area contributed by atoms with Gasteiger partial charge in [-0.3, -0.25) is 9.48 Å². The SMILES string of the molecule is Cc1ncc2c(n1)C1(CCCN(C(=O)c3nn(C)cc3Cl)C1)CC2. The van der Waals surface area contributed by atoms with E-state index in [-0.39, 0.29) is 11.3 Å². The number of carbonyl (C=O) groups excluding carboxylic acids is 1. The summed E-state index contributed by atoms with van der Waals surface area (Å²) >= 11 is 6.16. The van der Waals surface area contributed by atoms with Gasteiger partial charge in [-0.2, -0.15) is 5.10 Å². The number of fused-ring (bicyclic) bond motifs is 2. The molecule has 6 nitrogen and oxygen atoms in total. The van der Waals surface area contributed by atoms with Gasteiger partial charge in [-0.15, -0.1) is 0 Å². The number of carbonyl (C=O) groups is 1. The van der Waals surface area contributed by atoms with Crippen molar-refractivity contribution in [3.05, 3.63) is 40.2 Å². The zero-order valence-corrected chi connectivity index (χ0v) is 14.7. The zero-order valence-electron chi connectivity index (χ0n) is 13.9. The van der Waals surface area contributed by atoms with E-state index in [0.29, 0.717) is 17.3 Å². The number of likely N-dealkylation sites (tertiary alicyclic amines) is 1. The molecule has 0 bridgehead atoms. The molecule has 1 aliphatic carbocycles. The molecule has 126 valence electrons. The molecule has 2 aliphatic rings. The lowest BCUT2D eigenvalue weighted by atomic mass is 9.77. The molecule has 1 saturated heterocycles. The van der Waals surface area contributed by atoms with Crippen LogP contribution in [0.15, 0.2) is 12.4 Å². The van der Waals surface area contributed by atoms with Crippen LogP contribution in [0.25, 0.3) is 0 Å². The molecule has 1 unspecified atom stereocenters. The summed E-state index contributed by atoms with van der Waals surface area (Å²) in [6.07, 6.45) is 7.66. The standard InChI is InChI=1S/C17H20ClN5O/c1-11-19-8-12-4-6-17(15(12)20-11)5-3-7-23(10-17)16(24)14-13(18)9-22(2)21-14/h8-9H,3-7,10H2,1-2H3. The van der Waals surface area contributed by atoms with E-state index in [9.17, 15) is 4.79 Å². The molecule has 0 radical (unpaired) electrons. The largest absolute Gasteiger partial charge is 0.336 e. The lowest BCUT2D eigenvalue weighted by molar-refractivity contribution is 0.0626. The van der Waals surface area contributed by atoms with Crippen LogP contribution in [-0.2, 0) is 18.9 Å². The quantitative estimate of drug-likeness (QED) is 0.795. The molecule has 3 heterocycles. The average Bonchev–Trinajstić information content (AvgIpc) is 3.07. The zero-order chi connectivity index (χ0) is 16.9. The lowest BCUT2D eigenvalue weighted by Gasteiger charge is -2.40. The molecule has 1 spiro atoms. The summed E-state index contributed by atoms with van der Waals surface area (Å²) < 4.78 is 1.58. The van der Waals surface area contributed by atoms with Gasteiger partial charge in [0, 0.05) is 37.9 Å². The second kappa shape index (κ2) is 5.55. The molecule has 1 aliphatic heterocycles. The Balaban J connectivity index is 1.65. The molecule has 1 fully saturated rings. The second-order valence-corrected chi connectivity index (χ2v) is 7.31. The molecule has 1 atom stereocenters. The van der Waals surface area contributed by atoms with E-state index in [2.05, 4.69) is 10.1 Å². The Morgan fingerprint density at radius 3 is 2.96 bits per heavy atom. The van der Waals surface area contributed by atoms with E-state index in [1.807, 2.05) is 18.0 Å². The highest BCUT2D eigenvalue weighted by Crippen LogP contribution is 2.44. The highest BCUT2D eigenvalue weighted by molar-refractivity contribution is 6.33. The van der Waals surface area contributed by atoms with Crippen molar-refractivity contribution in [1.82, 2.24) is 24.6 Å². The minimum absolute atomic E-state index is 0.0435. The summed E-state index contributed by atoms with van der Waals surface area (Å²) in [6, 6.07) is 0. The van der Waals surface area contributed by atoms with Crippen LogP contribution in [0, 0.1) is 6.92 Å². The van der Waals surface area contributed by atoms with Crippen molar-refractivity contribution in [2.75, 3.05) is 13.1 Å². The van der Waals surface area contributed by atoms with Gasteiger partial charge in [0.25, 0.3) is 5.91 Å². The number of piperidine rings is 1. The van der Waals surface area contributed by atoms with Crippen molar-refractivity contribution in [3.63, 3.8) is 0 Å². The van der Waals surface area contributed by atoms with E-state index < -0.39 is 0 Å². The maximum Gasteiger partial charge on any atom is 0.275 e. The molecular weight excluding hydrogens is 326 g/mol. The van der Waals surface area contributed by atoms with Crippen molar-refractivity contribution in [2.45, 2.75) is 38.0 Å². The number of hydrogen-bond donors (Lipinski definition) is 0. The predicted molar refractivity (Wildman–Crippen MR) is 90.1 cm³/mol. The van der Waals surface area contributed by atoms with Gasteiger partial charge in [0.2, 0.25) is 0 Å². The Labute approximate surface area is 145 Å². The van der Waals surface area contributed by atoms with Gasteiger partial charge in [0.1, 0.15) is 5.82 Å². The Kier molecular flexibility index (Phi) is 3.60. The van der Waals surface area contributed by atoms with Gasteiger partial charge >= 0.3 is 0 Å². The topological polar surface area (TPSA) is 63.9 Å². The third kappa shape index (κ3) is 2.40. The number of aryl methyl sites for hydroxylation is 3. The minimum Gasteiger partial charge on any atom is -0.336 e. The minimum atomic E-state index is -0.0843. The Morgan fingerprint density at radius 2 is 2.21 bits per heavy atom. The molecule has 2 aromatic rings. The van der Waals surface area contributed by atoms with Crippen LogP contribution >= 0.6 is 11.6 Å². The normalized spacial score (nSPS) is 22.9. The summed E-state index contributed by atoms with van der Waals surface area (Å²) in [5.41, 5.74) is 2.66. The Bertz CT molecular complexity index is 813. The molecule has 4 rings (SSSR count). The smallest absolute Gasteiger partial charge is 0.275 e. The number of aromatic nitrogens is 4. The van der Waals surface area contributed by atoms with E-state index in [4.69, 9.17) is 16.6 Å². The van der Waals surface area contributed by atoms with Gasteiger partial charge in [-0.1, -0.05) is 11.6 Å². The number of halogens is 1. The van der Waals surface area contributed by atoms with Crippen molar-refractivity contribution in [2.24, 2.45) is 7.05 Å². The molecule has 0 aromatic carbocycles. The molecule has 1 amide bonds. The molecular formula is C17H20ClN5O. The van der Waals surface area contributed by atoms with Crippen molar-refractivity contribution in [3.8, 4) is 0 Å². The number of rotatable bonds is 1. The van der Waals surface area contributed by atoms with Gasteiger partial charge < -0.3 is 4.90 Å². The van der Waals surface area contributed by atoms with Crippen LogP contribution < -0.4 is 0 Å². The summed E-state index contributed by atoms with van der Waals surface area (Å²) in [5, 5.41) is 4.64. The van der Waals surface area contributed by atoms with E-state index >= 15 is 0 Å². The number of amides is 1. The van der Waals surface area contributed by atoms with Crippen LogP contribution in [-0.4, -0.2) is 43.6 Å². The van der Waals surface area contributed by atoms with E-state index in [0.717, 1.165) is 43.7 Å². The average molecular weight is 346 g/mol. The highest BCUT2D eigenvalue weighted by Gasteiger charge is 2.45. The fourth-order valence-corrected chi connectivity index (χ4v) is 4.35. The summed E-state index contributed by atoms with van der Waals surface area (Å²) in [4.78, 5) is 23.8. The number of hydrogen-bond acceptors (Lipinski definition) is 4. The first-order chi connectivity index (χ1) is 11.5. The third-order valence-electron chi connectivity index (χ3n) is 5.21. The Hall–Kier alpha value is -1.95. The van der Waals surface area contributed by atoms with Crippen LogP contribution in [0.3, 0.4) is 0 Å². The fraction of sp³-hybridized carbons (Fsp3) is 0.529. The molecule has 0 saturated carbocycles. The predicted octanol–water partition coefficient (Wildman–Crippen LogP) is 2.29. The third-order valence-corrected chi connectivity index (χ3v) is 5.49. The summed E-state index contributed by atoms with van der Waals surface area (Å²) in [6.45, 7) is 3.35. The maximum atomic E-state index is 12.9. The van der Waals surface area contributed by atoms with Crippen LogP contribution in [0.1, 0.15) is 46.8 Å². The van der Waals surface area contributed by atoms with Gasteiger partial charge in [-0.25, -0.2) is 9.97 Å². The first kappa shape index (κ1) is 15.6. The highest BCUT2D eigenvalue weighted by atomic mass is 35.5. The number of nitrogens with zero attached hydrogens (tertiary/aromatic N) is 5. The van der Waals surface area contributed by atoms with Gasteiger partial charge in [-0.05, 0) is 38.2 Å². The van der Waals surface area contributed by atoms with E-state index in [1.54, 1.807) is 17.9 Å². The van der Waals surface area contributed by atoms with Crippen molar-refractivity contribution in [1.29, 1.82) is 0 Å². The van der Waals surface area contributed by atoms with Crippen LogP contribution in [0.4, 0.5) is 0 Å². The van der Waals surface area contributed by atoms with Gasteiger partial charge in [0.05, 0.1) is 10.7 Å². The van der Waals surface area contributed by atoms with Crippen molar-refractivity contribution < 1.29 is 4.79 Å². The fourth-order valence-electron chi connectivity index (χ4n) is 4.09. The lowest BCUT2D eigenvalue weighted by Crippen LogP contribution is -2.48. The first-order valence-corrected chi connectivity index (χ1v) is 8.68. The monoisotopic (exact) mass is 345 g/mol. The molecule has 2 aromatic heterocycles. The summed E-state index contributed by atoms with van der Waals surface area (Å²) in [5.74, 6) is 0.713. The molecule has 7 heteroatoms.